The zero-order valence-electron chi connectivity index (χ0n) is 4.97. The third kappa shape index (κ3) is 4.45. The van der Waals surface area contributed by atoms with Gasteiger partial charge in [0.05, 0.1) is 0 Å². The molecule has 0 unspecified atom stereocenters. The molecule has 0 aromatic carbocycles. The van der Waals surface area contributed by atoms with Crippen molar-refractivity contribution in [3.8, 4) is 0 Å². The van der Waals surface area contributed by atoms with Crippen LogP contribution in [0.3, 0.4) is 0 Å². The predicted molar refractivity (Wildman–Crippen MR) is 34.8 cm³/mol. The van der Waals surface area contributed by atoms with E-state index in [1.807, 2.05) is 25.3 Å². The Morgan fingerprint density at radius 1 is 1.56 bits per heavy atom. The Morgan fingerprint density at radius 3 is 2.44 bits per heavy atom. The number of hydrogen-bond acceptors (Lipinski definition) is 1. The van der Waals surface area contributed by atoms with Crippen LogP contribution < -0.4 is 0 Å². The maximum atomic E-state index is 4.33. The zero-order valence-corrected chi connectivity index (χ0v) is 6.76. The number of nitrogens with zero attached hydrogens (tertiary/aromatic N) is 1. The molecule has 0 saturated heterocycles. The van der Waals surface area contributed by atoms with Crippen LogP contribution in [0.25, 0.3) is 0 Å². The van der Waals surface area contributed by atoms with Crippen LogP contribution >= 0.6 is 10.1 Å². The fraction of sp³-hybridized carbons (Fsp3) is 0.167. The van der Waals surface area contributed by atoms with Gasteiger partial charge in [-0.15, -0.1) is 0 Å². The van der Waals surface area contributed by atoms with Crippen LogP contribution in [0.2, 0.25) is 0 Å². The van der Waals surface area contributed by atoms with Crippen LogP contribution in [-0.2, 0) is 14.8 Å². The van der Waals surface area contributed by atoms with Crippen LogP contribution in [0.4, 0.5) is 0 Å². The summed E-state index contributed by atoms with van der Waals surface area (Å²) in [5.41, 5.74) is 1.21. The summed E-state index contributed by atoms with van der Waals surface area (Å²) >= 11 is 3.03. The summed E-state index contributed by atoms with van der Waals surface area (Å²) in [4.78, 5) is 3.88. The number of pyridine rings is 1. The van der Waals surface area contributed by atoms with Crippen molar-refractivity contribution in [3.05, 3.63) is 30.1 Å². The first-order chi connectivity index (χ1) is 4.39. The molecule has 0 spiro atoms. The molecule has 9 heavy (non-hydrogen) atoms. The van der Waals surface area contributed by atoms with E-state index in [-0.39, 0.29) is 0 Å². The summed E-state index contributed by atoms with van der Waals surface area (Å²) in [6, 6.07) is 3.95. The van der Waals surface area contributed by atoms with Crippen LogP contribution in [0, 0.1) is 6.92 Å². The quantitative estimate of drug-likeness (QED) is 0.606. The first kappa shape index (κ1) is 8.95. The molecule has 0 amide bonds. The van der Waals surface area contributed by atoms with Crippen molar-refractivity contribution >= 4 is 10.1 Å². The van der Waals surface area contributed by atoms with Crippen LogP contribution in [0.15, 0.2) is 24.5 Å². The van der Waals surface area contributed by atoms with E-state index in [0.29, 0.717) is 0 Å². The first-order valence-corrected chi connectivity index (χ1v) is 3.82. The molecule has 0 N–H and O–H groups in total. The molecule has 52 valence electrons. The second-order valence-corrected chi connectivity index (χ2v) is 1.53. The Hall–Kier alpha value is -0.0535. The average Bonchev–Trinajstić information content (AvgIpc) is 1.94. The number of hydrogen-bond donors (Lipinski definition) is 0. The minimum atomic E-state index is 1.21. The van der Waals surface area contributed by atoms with Crippen molar-refractivity contribution in [2.24, 2.45) is 0 Å². The van der Waals surface area contributed by atoms with E-state index >= 15 is 0 Å². The number of aromatic nitrogens is 1. The molecule has 0 radical (unpaired) electrons. The van der Waals surface area contributed by atoms with Gasteiger partial charge in [0, 0.05) is 12.4 Å². The molecule has 0 aliphatic heterocycles. The van der Waals surface area contributed by atoms with Gasteiger partial charge in [-0.2, -0.15) is 0 Å². The normalized spacial score (nSPS) is 7.56. The van der Waals surface area contributed by atoms with E-state index < -0.39 is 0 Å². The fourth-order valence-electron chi connectivity index (χ4n) is 0.448. The summed E-state index contributed by atoms with van der Waals surface area (Å²) in [6.45, 7) is 2.02. The molecule has 1 heterocycles. The standard InChI is InChI=1S/C6H7N.ClH.Co/c1-6-3-2-4-7-5-6;;/h2-5H,1H3;1H;/q;;+1/p-1. The summed E-state index contributed by atoms with van der Waals surface area (Å²) in [5.74, 6) is 0. The van der Waals surface area contributed by atoms with Gasteiger partial charge in [-0.1, -0.05) is 6.07 Å². The first-order valence-electron chi connectivity index (χ1n) is 2.39. The Kier molecular flexibility index (Phi) is 6.04. The van der Waals surface area contributed by atoms with E-state index in [2.05, 4.69) is 30.0 Å². The molecule has 1 aromatic rings. The Morgan fingerprint density at radius 2 is 2.22 bits per heavy atom. The number of halogens is 1. The monoisotopic (exact) mass is 187 g/mol. The van der Waals surface area contributed by atoms with Crippen molar-refractivity contribution in [3.63, 3.8) is 0 Å². The van der Waals surface area contributed by atoms with Gasteiger partial charge in [0.1, 0.15) is 0 Å². The van der Waals surface area contributed by atoms with Crippen molar-refractivity contribution in [2.75, 3.05) is 0 Å². The zero-order chi connectivity index (χ0) is 7.11. The number of aryl methyl sites for hydroxylation is 1. The van der Waals surface area contributed by atoms with Gasteiger partial charge in [-0.25, -0.2) is 0 Å². The summed E-state index contributed by atoms with van der Waals surface area (Å²) < 4.78 is 0. The van der Waals surface area contributed by atoms with E-state index in [9.17, 15) is 0 Å². The average molecular weight is 188 g/mol. The van der Waals surface area contributed by atoms with Crippen molar-refractivity contribution in [2.45, 2.75) is 6.92 Å². The molecular formula is C6H7ClCoN. The van der Waals surface area contributed by atoms with E-state index in [1.54, 1.807) is 6.20 Å². The second-order valence-electron chi connectivity index (χ2n) is 1.53. The molecule has 1 nitrogen and oxygen atoms in total. The van der Waals surface area contributed by atoms with Crippen LogP contribution in [0.5, 0.6) is 0 Å². The van der Waals surface area contributed by atoms with Gasteiger partial charge in [-0.05, 0) is 18.6 Å². The molecule has 1 rings (SSSR count). The SMILES string of the molecule is Cc1cccnc1.[Cl][Co]. The fourth-order valence-corrected chi connectivity index (χ4v) is 0.448. The molecule has 0 aliphatic rings. The molecule has 0 atom stereocenters. The minimum absolute atomic E-state index is 1.21. The van der Waals surface area contributed by atoms with Crippen molar-refractivity contribution in [1.82, 2.24) is 4.98 Å². The molecule has 1 aromatic heterocycles. The topological polar surface area (TPSA) is 12.9 Å². The Labute approximate surface area is 67.3 Å². The van der Waals surface area contributed by atoms with Gasteiger partial charge >= 0.3 is 25.0 Å². The van der Waals surface area contributed by atoms with Crippen molar-refractivity contribution < 1.29 is 14.8 Å². The van der Waals surface area contributed by atoms with Gasteiger partial charge in [0.25, 0.3) is 0 Å². The number of rotatable bonds is 0. The van der Waals surface area contributed by atoms with Gasteiger partial charge < -0.3 is 0 Å². The third-order valence-electron chi connectivity index (χ3n) is 0.809. The van der Waals surface area contributed by atoms with Gasteiger partial charge in [0.2, 0.25) is 0 Å². The molecule has 0 fully saturated rings. The molecular weight excluding hydrogens is 180 g/mol. The van der Waals surface area contributed by atoms with Gasteiger partial charge in [-0.3, -0.25) is 4.98 Å². The predicted octanol–water partition coefficient (Wildman–Crippen LogP) is 2.08. The Bertz CT molecular complexity index is 143. The van der Waals surface area contributed by atoms with Crippen LogP contribution in [0.1, 0.15) is 5.56 Å². The van der Waals surface area contributed by atoms with E-state index in [4.69, 9.17) is 0 Å². The van der Waals surface area contributed by atoms with Crippen LogP contribution in [-0.4, -0.2) is 4.98 Å². The molecule has 0 saturated carbocycles. The van der Waals surface area contributed by atoms with Gasteiger partial charge in [0.15, 0.2) is 0 Å². The summed E-state index contributed by atoms with van der Waals surface area (Å²) in [6.07, 6.45) is 3.60. The second kappa shape index (κ2) is 6.07. The molecule has 0 bridgehead atoms. The Balaban J connectivity index is 0.000000291. The van der Waals surface area contributed by atoms with Crippen molar-refractivity contribution in [1.29, 1.82) is 0 Å². The maximum absolute atomic E-state index is 4.33. The van der Waals surface area contributed by atoms with E-state index in [1.165, 1.54) is 5.56 Å². The summed E-state index contributed by atoms with van der Waals surface area (Å²) in [5, 5.41) is 0. The van der Waals surface area contributed by atoms with E-state index in [0.717, 1.165) is 0 Å². The summed E-state index contributed by atoms with van der Waals surface area (Å²) in [7, 11) is 4.33. The third-order valence-corrected chi connectivity index (χ3v) is 0.809. The molecule has 3 heteroatoms. The molecule has 0 aliphatic carbocycles.